The number of benzene rings is 4. The number of rotatable bonds is 6. The molecule has 4 aromatic carbocycles. The summed E-state index contributed by atoms with van der Waals surface area (Å²) in [5.41, 5.74) is 5.05. The Morgan fingerprint density at radius 3 is 1.61 bits per heavy atom. The predicted octanol–water partition coefficient (Wildman–Crippen LogP) is 6.59. The molecule has 0 radical (unpaired) electrons. The molecule has 160 valence electrons. The first kappa shape index (κ1) is 20.7. The zero-order valence-corrected chi connectivity index (χ0v) is 18.4. The molecule has 5 aromatic rings. The third kappa shape index (κ3) is 3.58. The van der Waals surface area contributed by atoms with Gasteiger partial charge in [0.2, 0.25) is 0 Å². The molecule has 0 aliphatic heterocycles. The van der Waals surface area contributed by atoms with E-state index < -0.39 is 5.54 Å². The quantitative estimate of drug-likeness (QED) is 0.226. The van der Waals surface area contributed by atoms with Crippen LogP contribution in [0.1, 0.15) is 34.0 Å². The van der Waals surface area contributed by atoms with E-state index in [-0.39, 0.29) is 5.78 Å². The molecule has 0 saturated heterocycles. The van der Waals surface area contributed by atoms with Gasteiger partial charge in [-0.2, -0.15) is 0 Å². The SMILES string of the molecule is CC(=O)c1ccccc1-c1cn(C(c2ccccc2)(c2ccccc2)c2ccccc2)cn1. The molecule has 3 nitrogen and oxygen atoms in total. The Hall–Kier alpha value is -4.24. The van der Waals surface area contributed by atoms with Gasteiger partial charge >= 0.3 is 0 Å². The molecule has 0 bridgehead atoms. The summed E-state index contributed by atoms with van der Waals surface area (Å²) < 4.78 is 2.17. The van der Waals surface area contributed by atoms with E-state index in [9.17, 15) is 4.79 Å². The van der Waals surface area contributed by atoms with Crippen LogP contribution in [0.2, 0.25) is 0 Å². The molecule has 1 aromatic heterocycles. The van der Waals surface area contributed by atoms with Gasteiger partial charge in [-0.1, -0.05) is 115 Å². The van der Waals surface area contributed by atoms with Crippen molar-refractivity contribution in [2.75, 3.05) is 0 Å². The minimum absolute atomic E-state index is 0.0283. The highest BCUT2D eigenvalue weighted by molar-refractivity contribution is 6.00. The Morgan fingerprint density at radius 2 is 1.12 bits per heavy atom. The number of carbonyl (C=O) groups excluding carboxylic acids is 1. The van der Waals surface area contributed by atoms with Crippen molar-refractivity contribution in [1.29, 1.82) is 0 Å². The minimum atomic E-state index is -0.625. The fourth-order valence-electron chi connectivity index (χ4n) is 4.64. The monoisotopic (exact) mass is 428 g/mol. The number of hydrogen-bond acceptors (Lipinski definition) is 2. The Labute approximate surface area is 194 Å². The lowest BCUT2D eigenvalue weighted by Crippen LogP contribution is -2.36. The second-order valence-corrected chi connectivity index (χ2v) is 8.08. The Morgan fingerprint density at radius 1 is 0.667 bits per heavy atom. The van der Waals surface area contributed by atoms with Crippen LogP contribution in [0, 0.1) is 0 Å². The van der Waals surface area contributed by atoms with Crippen molar-refractivity contribution in [1.82, 2.24) is 9.55 Å². The molecule has 0 unspecified atom stereocenters. The molecule has 0 aliphatic rings. The van der Waals surface area contributed by atoms with Crippen molar-refractivity contribution < 1.29 is 4.79 Å². The van der Waals surface area contributed by atoms with E-state index >= 15 is 0 Å². The van der Waals surface area contributed by atoms with Crippen LogP contribution in [0.15, 0.2) is 128 Å². The largest absolute Gasteiger partial charge is 0.318 e. The average Bonchev–Trinajstić information content (AvgIpc) is 3.37. The highest BCUT2D eigenvalue weighted by atomic mass is 16.1. The number of imidazole rings is 1. The van der Waals surface area contributed by atoms with Gasteiger partial charge in [0.15, 0.2) is 5.78 Å². The number of hydrogen-bond donors (Lipinski definition) is 0. The fraction of sp³-hybridized carbons (Fsp3) is 0.0667. The van der Waals surface area contributed by atoms with Crippen molar-refractivity contribution >= 4 is 5.78 Å². The molecular weight excluding hydrogens is 404 g/mol. The van der Waals surface area contributed by atoms with E-state index in [2.05, 4.69) is 83.6 Å². The van der Waals surface area contributed by atoms with Gasteiger partial charge in [0.05, 0.1) is 12.0 Å². The zero-order valence-electron chi connectivity index (χ0n) is 18.4. The number of nitrogens with zero attached hydrogens (tertiary/aromatic N) is 2. The second kappa shape index (κ2) is 8.71. The van der Waals surface area contributed by atoms with Gasteiger partial charge in [-0.05, 0) is 23.6 Å². The van der Waals surface area contributed by atoms with Gasteiger partial charge in [0, 0.05) is 17.3 Å². The standard InChI is InChI=1S/C30H24N2O/c1-23(33)27-19-11-12-20-28(27)29-21-32(22-31-29)30(24-13-5-2-6-14-24,25-15-7-3-8-16-25)26-17-9-4-10-18-26/h2-22H,1H3. The summed E-state index contributed by atoms with van der Waals surface area (Å²) in [5, 5.41) is 0. The van der Waals surface area contributed by atoms with Crippen LogP contribution in [-0.2, 0) is 5.54 Å². The molecule has 0 N–H and O–H groups in total. The molecule has 0 aliphatic carbocycles. The Balaban J connectivity index is 1.81. The summed E-state index contributed by atoms with van der Waals surface area (Å²) in [7, 11) is 0. The van der Waals surface area contributed by atoms with E-state index in [0.717, 1.165) is 27.9 Å². The van der Waals surface area contributed by atoms with Crippen molar-refractivity contribution in [2.24, 2.45) is 0 Å². The average molecular weight is 429 g/mol. The van der Waals surface area contributed by atoms with Crippen LogP contribution in [-0.4, -0.2) is 15.3 Å². The molecule has 5 rings (SSSR count). The van der Waals surface area contributed by atoms with Crippen LogP contribution >= 0.6 is 0 Å². The molecule has 0 saturated carbocycles. The fourth-order valence-corrected chi connectivity index (χ4v) is 4.64. The molecule has 3 heteroatoms. The van der Waals surface area contributed by atoms with E-state index in [1.165, 1.54) is 0 Å². The van der Waals surface area contributed by atoms with Crippen LogP contribution in [0.25, 0.3) is 11.3 Å². The smallest absolute Gasteiger partial charge is 0.160 e. The van der Waals surface area contributed by atoms with Crippen molar-refractivity contribution in [3.05, 3.63) is 150 Å². The number of ketones is 1. The zero-order chi connectivity index (χ0) is 22.7. The lowest BCUT2D eigenvalue weighted by atomic mass is 9.77. The maximum atomic E-state index is 12.3. The van der Waals surface area contributed by atoms with E-state index in [4.69, 9.17) is 4.98 Å². The third-order valence-corrected chi connectivity index (χ3v) is 6.13. The summed E-state index contributed by atoms with van der Waals surface area (Å²) in [6.45, 7) is 1.60. The molecule has 0 fully saturated rings. The highest BCUT2D eigenvalue weighted by Gasteiger charge is 2.38. The maximum Gasteiger partial charge on any atom is 0.160 e. The van der Waals surface area contributed by atoms with Crippen LogP contribution in [0.3, 0.4) is 0 Å². The van der Waals surface area contributed by atoms with Crippen LogP contribution in [0.5, 0.6) is 0 Å². The highest BCUT2D eigenvalue weighted by Crippen LogP contribution is 2.41. The Bertz CT molecular complexity index is 1280. The molecule has 0 spiro atoms. The van der Waals surface area contributed by atoms with Gasteiger partial charge in [-0.15, -0.1) is 0 Å². The maximum absolute atomic E-state index is 12.3. The summed E-state index contributed by atoms with van der Waals surface area (Å²) >= 11 is 0. The number of Topliss-reactive ketones (excluding diaryl/α,β-unsaturated/α-hetero) is 1. The molecule has 0 atom stereocenters. The minimum Gasteiger partial charge on any atom is -0.318 e. The second-order valence-electron chi connectivity index (χ2n) is 8.08. The van der Waals surface area contributed by atoms with Crippen molar-refractivity contribution in [3.8, 4) is 11.3 Å². The van der Waals surface area contributed by atoms with E-state index in [1.807, 2.05) is 48.8 Å². The van der Waals surface area contributed by atoms with Crippen LogP contribution in [0.4, 0.5) is 0 Å². The first-order chi connectivity index (χ1) is 16.2. The predicted molar refractivity (Wildman–Crippen MR) is 132 cm³/mol. The third-order valence-electron chi connectivity index (χ3n) is 6.13. The normalized spacial score (nSPS) is 11.3. The molecule has 1 heterocycles. The van der Waals surface area contributed by atoms with E-state index in [0.29, 0.717) is 5.56 Å². The van der Waals surface area contributed by atoms with Gasteiger partial charge in [0.25, 0.3) is 0 Å². The Kier molecular flexibility index (Phi) is 5.45. The van der Waals surface area contributed by atoms with Gasteiger partial charge in [-0.3, -0.25) is 4.79 Å². The van der Waals surface area contributed by atoms with Crippen molar-refractivity contribution in [2.45, 2.75) is 12.5 Å². The first-order valence-corrected chi connectivity index (χ1v) is 11.0. The number of carbonyl (C=O) groups is 1. The first-order valence-electron chi connectivity index (χ1n) is 11.0. The summed E-state index contributed by atoms with van der Waals surface area (Å²) in [4.78, 5) is 17.1. The summed E-state index contributed by atoms with van der Waals surface area (Å²) in [6.07, 6.45) is 3.92. The molecular formula is C30H24N2O. The van der Waals surface area contributed by atoms with Crippen LogP contribution < -0.4 is 0 Å². The lowest BCUT2D eigenvalue weighted by Gasteiger charge is -2.37. The topological polar surface area (TPSA) is 34.9 Å². The molecule has 0 amide bonds. The van der Waals surface area contributed by atoms with Gasteiger partial charge in [-0.25, -0.2) is 4.98 Å². The van der Waals surface area contributed by atoms with Crippen molar-refractivity contribution in [3.63, 3.8) is 0 Å². The summed E-state index contributed by atoms with van der Waals surface area (Å²) in [5.74, 6) is 0.0283. The van der Waals surface area contributed by atoms with E-state index in [1.54, 1.807) is 6.92 Å². The van der Waals surface area contributed by atoms with Gasteiger partial charge in [0.1, 0.15) is 5.54 Å². The lowest BCUT2D eigenvalue weighted by molar-refractivity contribution is 0.101. The number of aromatic nitrogens is 2. The van der Waals surface area contributed by atoms with Gasteiger partial charge < -0.3 is 4.57 Å². The molecule has 33 heavy (non-hydrogen) atoms. The summed E-state index contributed by atoms with van der Waals surface area (Å²) in [6, 6.07) is 39.1.